The van der Waals surface area contributed by atoms with Crippen molar-refractivity contribution >= 4 is 23.4 Å². The van der Waals surface area contributed by atoms with Gasteiger partial charge >= 0.3 is 0 Å². The number of ether oxygens (including phenoxy) is 1. The second-order valence-corrected chi connectivity index (χ2v) is 5.54. The Bertz CT molecular complexity index is 446. The summed E-state index contributed by atoms with van der Waals surface area (Å²) in [6.07, 6.45) is 0. The molecular weight excluding hydrogens is 248 g/mol. The van der Waals surface area contributed by atoms with Gasteiger partial charge in [0, 0.05) is 18.1 Å². The Morgan fingerprint density at radius 2 is 2.33 bits per heavy atom. The van der Waals surface area contributed by atoms with Crippen molar-refractivity contribution in [3.8, 4) is 5.75 Å². The molecule has 2 aliphatic heterocycles. The van der Waals surface area contributed by atoms with Crippen LogP contribution in [-0.4, -0.2) is 43.2 Å². The molecule has 5 heteroatoms. The largest absolute Gasteiger partial charge is 0.490 e. The maximum absolute atomic E-state index is 12.5. The lowest BCUT2D eigenvalue weighted by Gasteiger charge is -2.33. The van der Waals surface area contributed by atoms with Crippen molar-refractivity contribution in [2.75, 3.05) is 36.1 Å². The molecule has 0 bridgehead atoms. The van der Waals surface area contributed by atoms with E-state index in [1.165, 1.54) is 0 Å². The number of anilines is 1. The van der Waals surface area contributed by atoms with Crippen LogP contribution in [0.5, 0.6) is 5.75 Å². The molecule has 1 unspecified atom stereocenters. The molecule has 2 aliphatic rings. The zero-order chi connectivity index (χ0) is 12.4. The Hall–Kier alpha value is -1.20. The molecule has 1 atom stereocenters. The number of carbonyl (C=O) groups is 1. The SMILES string of the molecule is O=C(C1CSCCN1)N1CCOc2ccccc21. The summed E-state index contributed by atoms with van der Waals surface area (Å²) in [5.41, 5.74) is 0.895. The second kappa shape index (κ2) is 5.20. The molecule has 1 N–H and O–H groups in total. The summed E-state index contributed by atoms with van der Waals surface area (Å²) in [6.45, 7) is 2.12. The summed E-state index contributed by atoms with van der Waals surface area (Å²) in [5.74, 6) is 2.92. The Morgan fingerprint density at radius 3 is 3.17 bits per heavy atom. The van der Waals surface area contributed by atoms with Crippen LogP contribution < -0.4 is 15.0 Å². The number of carbonyl (C=O) groups excluding carboxylic acids is 1. The number of nitrogens with zero attached hydrogens (tertiary/aromatic N) is 1. The van der Waals surface area contributed by atoms with Crippen molar-refractivity contribution in [2.24, 2.45) is 0 Å². The van der Waals surface area contributed by atoms with Crippen LogP contribution in [0, 0.1) is 0 Å². The number of nitrogens with one attached hydrogen (secondary N) is 1. The highest BCUT2D eigenvalue weighted by Crippen LogP contribution is 2.31. The average molecular weight is 264 g/mol. The van der Waals surface area contributed by atoms with Gasteiger partial charge in [0.1, 0.15) is 12.4 Å². The fourth-order valence-corrected chi connectivity index (χ4v) is 3.24. The molecule has 0 saturated carbocycles. The molecule has 4 nitrogen and oxygen atoms in total. The van der Waals surface area contributed by atoms with Crippen LogP contribution in [-0.2, 0) is 4.79 Å². The summed E-state index contributed by atoms with van der Waals surface area (Å²) in [5, 5.41) is 3.29. The standard InChI is InChI=1S/C13H16N2O2S/c16-13(10-9-18-8-5-14-10)15-6-7-17-12-4-2-1-3-11(12)15/h1-4,10,14H,5-9H2. The number of benzene rings is 1. The molecule has 0 aliphatic carbocycles. The summed E-state index contributed by atoms with van der Waals surface area (Å²) >= 11 is 1.84. The molecule has 3 rings (SSSR count). The Morgan fingerprint density at radius 1 is 1.44 bits per heavy atom. The number of thioether (sulfide) groups is 1. The minimum atomic E-state index is -0.0603. The number of para-hydroxylation sites is 2. The van der Waals surface area contributed by atoms with E-state index in [2.05, 4.69) is 5.32 Å². The maximum Gasteiger partial charge on any atom is 0.245 e. The van der Waals surface area contributed by atoms with Crippen LogP contribution in [0.3, 0.4) is 0 Å². The summed E-state index contributed by atoms with van der Waals surface area (Å²) in [7, 11) is 0. The number of fused-ring (bicyclic) bond motifs is 1. The first-order valence-electron chi connectivity index (χ1n) is 6.20. The average Bonchev–Trinajstić information content (AvgIpc) is 2.47. The van der Waals surface area contributed by atoms with E-state index >= 15 is 0 Å². The molecule has 0 spiro atoms. The van der Waals surface area contributed by atoms with Crippen LogP contribution in [0.15, 0.2) is 24.3 Å². The molecule has 1 amide bonds. The number of hydrogen-bond donors (Lipinski definition) is 1. The van der Waals surface area contributed by atoms with Crippen molar-refractivity contribution in [3.05, 3.63) is 24.3 Å². The first kappa shape index (κ1) is 11.9. The minimum Gasteiger partial charge on any atom is -0.490 e. The van der Waals surface area contributed by atoms with E-state index in [9.17, 15) is 4.79 Å². The maximum atomic E-state index is 12.5. The first-order valence-corrected chi connectivity index (χ1v) is 7.36. The predicted molar refractivity (Wildman–Crippen MR) is 73.4 cm³/mol. The highest BCUT2D eigenvalue weighted by molar-refractivity contribution is 7.99. The van der Waals surface area contributed by atoms with Crippen molar-refractivity contribution in [3.63, 3.8) is 0 Å². The van der Waals surface area contributed by atoms with E-state index in [0.717, 1.165) is 29.5 Å². The summed E-state index contributed by atoms with van der Waals surface area (Å²) in [4.78, 5) is 14.4. The number of amides is 1. The van der Waals surface area contributed by atoms with Gasteiger partial charge in [0.05, 0.1) is 18.3 Å². The van der Waals surface area contributed by atoms with E-state index in [4.69, 9.17) is 4.74 Å². The predicted octanol–water partition coefficient (Wildman–Crippen LogP) is 1.12. The monoisotopic (exact) mass is 264 g/mol. The molecule has 0 aromatic heterocycles. The van der Waals surface area contributed by atoms with Gasteiger partial charge in [-0.3, -0.25) is 4.79 Å². The zero-order valence-electron chi connectivity index (χ0n) is 10.1. The fraction of sp³-hybridized carbons (Fsp3) is 0.462. The van der Waals surface area contributed by atoms with Crippen molar-refractivity contribution in [1.82, 2.24) is 5.32 Å². The molecule has 18 heavy (non-hydrogen) atoms. The summed E-state index contributed by atoms with van der Waals surface area (Å²) in [6, 6.07) is 7.67. The lowest BCUT2D eigenvalue weighted by atomic mass is 10.2. The fourth-order valence-electron chi connectivity index (χ4n) is 2.31. The van der Waals surface area contributed by atoms with E-state index in [-0.39, 0.29) is 11.9 Å². The molecule has 1 aromatic carbocycles. The smallest absolute Gasteiger partial charge is 0.245 e. The van der Waals surface area contributed by atoms with Crippen LogP contribution in [0.25, 0.3) is 0 Å². The summed E-state index contributed by atoms with van der Waals surface area (Å²) < 4.78 is 5.57. The molecule has 1 saturated heterocycles. The van der Waals surface area contributed by atoms with E-state index in [1.807, 2.05) is 40.9 Å². The van der Waals surface area contributed by atoms with Gasteiger partial charge in [-0.2, -0.15) is 11.8 Å². The second-order valence-electron chi connectivity index (χ2n) is 4.39. The number of hydrogen-bond acceptors (Lipinski definition) is 4. The topological polar surface area (TPSA) is 41.6 Å². The van der Waals surface area contributed by atoms with Crippen molar-refractivity contribution in [1.29, 1.82) is 0 Å². The van der Waals surface area contributed by atoms with E-state index < -0.39 is 0 Å². The Kier molecular flexibility index (Phi) is 3.43. The molecule has 0 radical (unpaired) electrons. The third-order valence-corrected chi connectivity index (χ3v) is 4.28. The van der Waals surface area contributed by atoms with E-state index in [1.54, 1.807) is 0 Å². The number of rotatable bonds is 1. The van der Waals surface area contributed by atoms with Gasteiger partial charge in [-0.15, -0.1) is 0 Å². The van der Waals surface area contributed by atoms with Crippen LogP contribution in [0.1, 0.15) is 0 Å². The molecule has 1 fully saturated rings. The van der Waals surface area contributed by atoms with Gasteiger partial charge in [0.2, 0.25) is 5.91 Å². The molecular formula is C13H16N2O2S. The van der Waals surface area contributed by atoms with Crippen LogP contribution in [0.2, 0.25) is 0 Å². The molecule has 1 aromatic rings. The van der Waals surface area contributed by atoms with Gasteiger partial charge in [-0.05, 0) is 12.1 Å². The highest BCUT2D eigenvalue weighted by atomic mass is 32.2. The lowest BCUT2D eigenvalue weighted by molar-refractivity contribution is -0.120. The van der Waals surface area contributed by atoms with Gasteiger partial charge in [0.15, 0.2) is 0 Å². The molecule has 2 heterocycles. The van der Waals surface area contributed by atoms with Crippen molar-refractivity contribution in [2.45, 2.75) is 6.04 Å². The zero-order valence-corrected chi connectivity index (χ0v) is 10.9. The van der Waals surface area contributed by atoms with E-state index in [0.29, 0.717) is 13.2 Å². The van der Waals surface area contributed by atoms with Crippen LogP contribution >= 0.6 is 11.8 Å². The minimum absolute atomic E-state index is 0.0603. The van der Waals surface area contributed by atoms with Gasteiger partial charge in [0.25, 0.3) is 0 Å². The van der Waals surface area contributed by atoms with Gasteiger partial charge in [-0.1, -0.05) is 12.1 Å². The Balaban J connectivity index is 1.82. The molecule has 96 valence electrons. The van der Waals surface area contributed by atoms with Gasteiger partial charge in [-0.25, -0.2) is 0 Å². The van der Waals surface area contributed by atoms with Crippen LogP contribution in [0.4, 0.5) is 5.69 Å². The third kappa shape index (κ3) is 2.20. The normalized spacial score (nSPS) is 23.1. The quantitative estimate of drug-likeness (QED) is 0.825. The first-order chi connectivity index (χ1) is 8.86. The Labute approximate surface area is 111 Å². The highest BCUT2D eigenvalue weighted by Gasteiger charge is 2.30. The lowest BCUT2D eigenvalue weighted by Crippen LogP contribution is -2.52. The van der Waals surface area contributed by atoms with Gasteiger partial charge < -0.3 is 15.0 Å². The third-order valence-electron chi connectivity index (χ3n) is 3.21. The van der Waals surface area contributed by atoms with Crippen molar-refractivity contribution < 1.29 is 9.53 Å².